The Kier molecular flexibility index (Phi) is 5.18. The molecule has 94 valence electrons. The van der Waals surface area contributed by atoms with E-state index in [0.717, 1.165) is 38.5 Å². The number of aliphatic hydroxyl groups excluding tert-OH is 2. The Morgan fingerprint density at radius 3 is 1.75 bits per heavy atom. The zero-order chi connectivity index (χ0) is 12.1. The molecule has 2 aliphatic carbocycles. The summed E-state index contributed by atoms with van der Waals surface area (Å²) in [7, 11) is 0. The third kappa shape index (κ3) is 3.73. The van der Waals surface area contributed by atoms with Crippen LogP contribution < -0.4 is 11.5 Å². The van der Waals surface area contributed by atoms with Crippen LogP contribution in [0, 0.1) is 5.92 Å². The number of aliphatic hydroxyl groups is 2. The van der Waals surface area contributed by atoms with E-state index in [1.807, 2.05) is 0 Å². The van der Waals surface area contributed by atoms with Gasteiger partial charge in [0, 0.05) is 6.04 Å². The Hall–Kier alpha value is -0.650. The highest BCUT2D eigenvalue weighted by molar-refractivity contribution is 5.77. The number of primary amides is 1. The van der Waals surface area contributed by atoms with Gasteiger partial charge >= 0.3 is 0 Å². The van der Waals surface area contributed by atoms with Crippen LogP contribution in [0.2, 0.25) is 0 Å². The van der Waals surface area contributed by atoms with E-state index in [1.54, 1.807) is 0 Å². The van der Waals surface area contributed by atoms with Crippen LogP contribution in [0.25, 0.3) is 0 Å². The normalized spacial score (nSPS) is 37.9. The molecule has 0 aromatic carbocycles. The van der Waals surface area contributed by atoms with Crippen LogP contribution in [-0.4, -0.2) is 34.4 Å². The first-order valence-corrected chi connectivity index (χ1v) is 5.93. The monoisotopic (exact) mass is 230 g/mol. The van der Waals surface area contributed by atoms with Gasteiger partial charge in [-0.1, -0.05) is 0 Å². The molecule has 0 heterocycles. The second-order valence-corrected chi connectivity index (χ2v) is 4.67. The molecule has 4 atom stereocenters. The second kappa shape index (κ2) is 6.18. The predicted molar refractivity (Wildman–Crippen MR) is 60.4 cm³/mol. The number of amides is 1. The number of carbonyl (C=O) groups excluding carboxylic acids is 1. The predicted octanol–water partition coefficient (Wildman–Crippen LogP) is -0.509. The third-order valence-corrected chi connectivity index (χ3v) is 3.38. The first-order valence-electron chi connectivity index (χ1n) is 5.93. The zero-order valence-corrected chi connectivity index (χ0v) is 9.51. The molecule has 2 fully saturated rings. The maximum absolute atomic E-state index is 10.5. The number of rotatable bonds is 1. The van der Waals surface area contributed by atoms with Crippen LogP contribution in [0.3, 0.4) is 0 Å². The highest BCUT2D eigenvalue weighted by Crippen LogP contribution is 2.24. The average molecular weight is 230 g/mol. The van der Waals surface area contributed by atoms with Crippen molar-refractivity contribution in [2.75, 3.05) is 0 Å². The second-order valence-electron chi connectivity index (χ2n) is 4.67. The van der Waals surface area contributed by atoms with E-state index in [4.69, 9.17) is 21.7 Å². The fourth-order valence-electron chi connectivity index (χ4n) is 2.24. The molecule has 2 saturated carbocycles. The van der Waals surface area contributed by atoms with Crippen LogP contribution in [0.1, 0.15) is 38.5 Å². The number of carbonyl (C=O) groups is 1. The molecule has 0 radical (unpaired) electrons. The molecule has 0 aliphatic heterocycles. The maximum Gasteiger partial charge on any atom is 0.223 e. The van der Waals surface area contributed by atoms with Gasteiger partial charge in [-0.15, -0.1) is 0 Å². The maximum atomic E-state index is 10.5. The molecule has 0 aromatic rings. The topological polar surface area (TPSA) is 110 Å². The highest BCUT2D eigenvalue weighted by Gasteiger charge is 2.29. The minimum atomic E-state index is -0.470. The van der Waals surface area contributed by atoms with E-state index in [9.17, 15) is 4.79 Å². The van der Waals surface area contributed by atoms with Crippen molar-refractivity contribution in [3.8, 4) is 0 Å². The van der Waals surface area contributed by atoms with Gasteiger partial charge in [-0.2, -0.15) is 0 Å². The summed E-state index contributed by atoms with van der Waals surface area (Å²) in [6.45, 7) is 0. The summed E-state index contributed by atoms with van der Waals surface area (Å²) in [6.07, 6.45) is 4.74. The minimum absolute atomic E-state index is 0.0694. The van der Waals surface area contributed by atoms with Gasteiger partial charge in [0.25, 0.3) is 0 Å². The van der Waals surface area contributed by atoms with Crippen molar-refractivity contribution in [3.63, 3.8) is 0 Å². The average Bonchev–Trinajstić information content (AvgIpc) is 2.78. The lowest BCUT2D eigenvalue weighted by atomic mass is 10.1. The molecule has 6 N–H and O–H groups in total. The largest absolute Gasteiger partial charge is 0.392 e. The van der Waals surface area contributed by atoms with E-state index in [1.165, 1.54) is 0 Å². The molecule has 16 heavy (non-hydrogen) atoms. The lowest BCUT2D eigenvalue weighted by molar-refractivity contribution is -0.124. The molecule has 0 bridgehead atoms. The van der Waals surface area contributed by atoms with Gasteiger partial charge in [0.1, 0.15) is 0 Å². The fraction of sp³-hybridized carbons (Fsp3) is 0.909. The zero-order valence-electron chi connectivity index (χ0n) is 9.51. The molecule has 1 amide bonds. The highest BCUT2D eigenvalue weighted by atomic mass is 16.3. The first kappa shape index (κ1) is 13.4. The van der Waals surface area contributed by atoms with Crippen LogP contribution >= 0.6 is 0 Å². The van der Waals surface area contributed by atoms with Crippen LogP contribution in [0.4, 0.5) is 0 Å². The Morgan fingerprint density at radius 2 is 1.56 bits per heavy atom. The standard InChI is InChI=1S/C6H11NO2.C5H11NO/c7-6(9)4-2-1-3-5(4)8;6-4-2-1-3-5(4)7/h4-5,8H,1-3H2,(H2,7,9);4-5,7H,1-3,6H2/t2*4-,5-/m11/s1. The molecule has 0 saturated heterocycles. The summed E-state index contributed by atoms with van der Waals surface area (Å²) in [5, 5.41) is 17.9. The van der Waals surface area contributed by atoms with Gasteiger partial charge in [0.15, 0.2) is 0 Å². The lowest BCUT2D eigenvalue weighted by Gasteiger charge is -2.07. The van der Waals surface area contributed by atoms with Gasteiger partial charge in [0.2, 0.25) is 5.91 Å². The summed E-state index contributed by atoms with van der Waals surface area (Å²) >= 11 is 0. The van der Waals surface area contributed by atoms with E-state index >= 15 is 0 Å². The summed E-state index contributed by atoms with van der Waals surface area (Å²) in [5.74, 6) is -0.634. The SMILES string of the molecule is NC(=O)[C@@H]1CCC[C@H]1O.N[C@@H]1CCC[C@H]1O. The number of hydrogen-bond donors (Lipinski definition) is 4. The summed E-state index contributed by atoms with van der Waals surface area (Å²) < 4.78 is 0. The summed E-state index contributed by atoms with van der Waals surface area (Å²) in [5.41, 5.74) is 10.4. The van der Waals surface area contributed by atoms with Gasteiger partial charge in [-0.05, 0) is 38.5 Å². The van der Waals surface area contributed by atoms with Crippen molar-refractivity contribution >= 4 is 5.91 Å². The lowest BCUT2D eigenvalue weighted by Crippen LogP contribution is -2.28. The van der Waals surface area contributed by atoms with Crippen molar-refractivity contribution in [1.29, 1.82) is 0 Å². The molecular weight excluding hydrogens is 208 g/mol. The Balaban J connectivity index is 0.000000165. The molecule has 0 aromatic heterocycles. The molecule has 0 unspecified atom stereocenters. The Bertz CT molecular complexity index is 227. The molecule has 5 heteroatoms. The molecule has 2 aliphatic rings. The molecule has 2 rings (SSSR count). The smallest absolute Gasteiger partial charge is 0.223 e. The Morgan fingerprint density at radius 1 is 1.00 bits per heavy atom. The fourth-order valence-corrected chi connectivity index (χ4v) is 2.24. The van der Waals surface area contributed by atoms with Crippen molar-refractivity contribution in [3.05, 3.63) is 0 Å². The van der Waals surface area contributed by atoms with Crippen LogP contribution in [-0.2, 0) is 4.79 Å². The van der Waals surface area contributed by atoms with Crippen molar-refractivity contribution in [2.24, 2.45) is 17.4 Å². The number of nitrogens with two attached hydrogens (primary N) is 2. The van der Waals surface area contributed by atoms with Crippen molar-refractivity contribution < 1.29 is 15.0 Å². The van der Waals surface area contributed by atoms with Gasteiger partial charge in [-0.3, -0.25) is 4.79 Å². The van der Waals surface area contributed by atoms with E-state index in [2.05, 4.69) is 0 Å². The molecular formula is C11H22N2O3. The first-order chi connectivity index (χ1) is 7.52. The van der Waals surface area contributed by atoms with Crippen LogP contribution in [0.5, 0.6) is 0 Å². The minimum Gasteiger partial charge on any atom is -0.392 e. The van der Waals surface area contributed by atoms with E-state index < -0.39 is 6.10 Å². The van der Waals surface area contributed by atoms with Crippen molar-refractivity contribution in [2.45, 2.75) is 56.8 Å². The van der Waals surface area contributed by atoms with E-state index in [-0.39, 0.29) is 24.0 Å². The van der Waals surface area contributed by atoms with Gasteiger partial charge < -0.3 is 21.7 Å². The Labute approximate surface area is 95.8 Å². The molecule has 0 spiro atoms. The molecule has 5 nitrogen and oxygen atoms in total. The summed E-state index contributed by atoms with van der Waals surface area (Å²) in [4.78, 5) is 10.5. The quantitative estimate of drug-likeness (QED) is 0.486. The third-order valence-electron chi connectivity index (χ3n) is 3.38. The number of hydrogen-bond acceptors (Lipinski definition) is 4. The summed E-state index contributed by atoms with van der Waals surface area (Å²) in [6, 6.07) is 0.0694. The van der Waals surface area contributed by atoms with Gasteiger partial charge in [-0.25, -0.2) is 0 Å². The van der Waals surface area contributed by atoms with E-state index in [0.29, 0.717) is 0 Å². The van der Waals surface area contributed by atoms with Crippen LogP contribution in [0.15, 0.2) is 0 Å². The van der Waals surface area contributed by atoms with Crippen molar-refractivity contribution in [1.82, 2.24) is 0 Å². The van der Waals surface area contributed by atoms with Gasteiger partial charge in [0.05, 0.1) is 18.1 Å².